The Morgan fingerprint density at radius 1 is 0.868 bits per heavy atom. The average Bonchev–Trinajstić information content (AvgIpc) is 2.94. The third-order valence-electron chi connectivity index (χ3n) is 7.73. The Hall–Kier alpha value is -4.42. The molecule has 0 saturated carbocycles. The summed E-state index contributed by atoms with van der Waals surface area (Å²) in [5.41, 5.74) is 6.73. The highest BCUT2D eigenvalue weighted by molar-refractivity contribution is 6.14. The maximum atomic E-state index is 13.8. The van der Waals surface area contributed by atoms with Gasteiger partial charge in [-0.1, -0.05) is 54.6 Å². The third-order valence-corrected chi connectivity index (χ3v) is 7.73. The number of nitrogens with one attached hydrogen (secondary N) is 2. The van der Waals surface area contributed by atoms with E-state index < -0.39 is 0 Å². The van der Waals surface area contributed by atoms with Gasteiger partial charge in [-0.25, -0.2) is 0 Å². The van der Waals surface area contributed by atoms with Gasteiger partial charge < -0.3 is 14.7 Å². The molecule has 188 valence electrons. The van der Waals surface area contributed by atoms with Gasteiger partial charge in [0, 0.05) is 43.0 Å². The van der Waals surface area contributed by atoms with E-state index in [9.17, 15) is 9.59 Å². The van der Waals surface area contributed by atoms with Gasteiger partial charge in [0.05, 0.1) is 27.5 Å². The van der Waals surface area contributed by atoms with Crippen LogP contribution in [0.3, 0.4) is 0 Å². The highest BCUT2D eigenvalue weighted by Gasteiger charge is 2.20. The zero-order chi connectivity index (χ0) is 25.8. The van der Waals surface area contributed by atoms with Crippen LogP contribution in [0, 0.1) is 6.92 Å². The van der Waals surface area contributed by atoms with Crippen LogP contribution < -0.4 is 16.2 Å². The van der Waals surface area contributed by atoms with Crippen molar-refractivity contribution in [3.63, 3.8) is 0 Å². The lowest BCUT2D eigenvalue weighted by Crippen LogP contribution is -2.34. The van der Waals surface area contributed by atoms with Gasteiger partial charge in [0.15, 0.2) is 22.0 Å². The van der Waals surface area contributed by atoms with Crippen LogP contribution in [0.25, 0.3) is 43.7 Å². The second-order valence-electron chi connectivity index (χ2n) is 10.2. The smallest absolute Gasteiger partial charge is 0.196 e. The highest BCUT2D eigenvalue weighted by Crippen LogP contribution is 2.31. The molecule has 0 spiro atoms. The predicted molar refractivity (Wildman–Crippen MR) is 154 cm³/mol. The molecule has 0 unspecified atom stereocenters. The Labute approximate surface area is 218 Å². The first-order chi connectivity index (χ1) is 18.6. The zero-order valence-electron chi connectivity index (χ0n) is 21.1. The van der Waals surface area contributed by atoms with E-state index in [-0.39, 0.29) is 10.9 Å². The number of aryl methyl sites for hydroxylation is 1. The molecule has 0 aliphatic carbocycles. The summed E-state index contributed by atoms with van der Waals surface area (Å²) in [5, 5.41) is 5.12. The van der Waals surface area contributed by atoms with Gasteiger partial charge in [0.2, 0.25) is 0 Å². The van der Waals surface area contributed by atoms with Crippen LogP contribution in [0.1, 0.15) is 16.7 Å². The summed E-state index contributed by atoms with van der Waals surface area (Å²) in [7, 11) is 0. The molecule has 0 saturated heterocycles. The molecule has 6 heteroatoms. The third kappa shape index (κ3) is 3.68. The number of benzene rings is 5. The number of aromatic nitrogens is 1. The first kappa shape index (κ1) is 22.8. The topological polar surface area (TPSA) is 78.3 Å². The summed E-state index contributed by atoms with van der Waals surface area (Å²) in [6.45, 7) is 5.37. The fourth-order valence-electron chi connectivity index (χ4n) is 5.78. The minimum atomic E-state index is -0.172. The number of hydrogen-bond acceptors (Lipinski definition) is 5. The van der Waals surface area contributed by atoms with Crippen molar-refractivity contribution in [2.45, 2.75) is 19.9 Å². The van der Waals surface area contributed by atoms with Gasteiger partial charge in [-0.05, 0) is 42.2 Å². The minimum Gasteiger partial charge on any atom is -0.453 e. The van der Waals surface area contributed by atoms with E-state index in [1.165, 1.54) is 11.1 Å². The second kappa shape index (κ2) is 8.85. The molecule has 1 aliphatic heterocycles. The van der Waals surface area contributed by atoms with Crippen molar-refractivity contribution in [2.75, 3.05) is 25.0 Å². The van der Waals surface area contributed by atoms with E-state index in [2.05, 4.69) is 39.5 Å². The molecule has 0 bridgehead atoms. The van der Waals surface area contributed by atoms with Crippen molar-refractivity contribution in [1.29, 1.82) is 0 Å². The quantitative estimate of drug-likeness (QED) is 0.239. The maximum Gasteiger partial charge on any atom is 0.196 e. The molecule has 38 heavy (non-hydrogen) atoms. The fraction of sp³-hybridized carbons (Fsp3) is 0.188. The van der Waals surface area contributed by atoms with Gasteiger partial charge >= 0.3 is 0 Å². The van der Waals surface area contributed by atoms with Gasteiger partial charge in [-0.2, -0.15) is 0 Å². The van der Waals surface area contributed by atoms with Gasteiger partial charge in [-0.3, -0.25) is 14.5 Å². The molecule has 0 fully saturated rings. The lowest BCUT2D eigenvalue weighted by Gasteiger charge is -2.28. The van der Waals surface area contributed by atoms with Crippen LogP contribution in [0.15, 0.2) is 86.8 Å². The molecule has 7 rings (SSSR count). The molecule has 1 aromatic heterocycles. The predicted octanol–water partition coefficient (Wildman–Crippen LogP) is 5.72. The maximum absolute atomic E-state index is 13.8. The SMILES string of the molecule is Cc1ccc2[nH]c3c(cc(NCCN4CCc5ccccc5C4)c4c(=O)c5ccccc5c(=O)c43)oc2c1. The summed E-state index contributed by atoms with van der Waals surface area (Å²) < 4.78 is 6.30. The summed E-state index contributed by atoms with van der Waals surface area (Å²) in [5.74, 6) is 0. The molecule has 0 atom stereocenters. The van der Waals surface area contributed by atoms with Gasteiger partial charge in [0.1, 0.15) is 0 Å². The fourth-order valence-corrected chi connectivity index (χ4v) is 5.78. The second-order valence-corrected chi connectivity index (χ2v) is 10.2. The first-order valence-electron chi connectivity index (χ1n) is 13.0. The normalized spacial score (nSPS) is 13.9. The molecule has 2 N–H and O–H groups in total. The Balaban J connectivity index is 1.35. The number of nitrogens with zero attached hydrogens (tertiary/aromatic N) is 1. The molecule has 5 aromatic carbocycles. The summed E-state index contributed by atoms with van der Waals surface area (Å²) >= 11 is 0. The number of H-pyrrole nitrogens is 1. The van der Waals surface area contributed by atoms with E-state index in [0.29, 0.717) is 50.5 Å². The van der Waals surface area contributed by atoms with E-state index in [1.54, 1.807) is 24.3 Å². The van der Waals surface area contributed by atoms with Crippen LogP contribution in [0.2, 0.25) is 0 Å². The molecule has 0 radical (unpaired) electrons. The Bertz CT molecular complexity index is 2000. The van der Waals surface area contributed by atoms with Crippen molar-refractivity contribution in [2.24, 2.45) is 0 Å². The number of hydrogen-bond donors (Lipinski definition) is 2. The van der Waals surface area contributed by atoms with E-state index in [4.69, 9.17) is 4.42 Å². The largest absolute Gasteiger partial charge is 0.453 e. The lowest BCUT2D eigenvalue weighted by molar-refractivity contribution is 0.264. The summed E-state index contributed by atoms with van der Waals surface area (Å²) in [4.78, 5) is 33.4. The van der Waals surface area contributed by atoms with Crippen molar-refractivity contribution in [3.8, 4) is 0 Å². The first-order valence-corrected chi connectivity index (χ1v) is 13.0. The van der Waals surface area contributed by atoms with Crippen molar-refractivity contribution in [3.05, 3.63) is 110 Å². The number of rotatable bonds is 4. The highest BCUT2D eigenvalue weighted by atomic mass is 16.3. The number of fused-ring (bicyclic) bond motifs is 6. The molecular weight excluding hydrogens is 474 g/mol. The standard InChI is InChI=1S/C32H27N3O3/c1-19-10-11-24-26(16-19)38-27-17-25(33-13-15-35-14-12-20-6-2-3-7-21(20)18-35)28-29(30(27)34-24)32(37)23-9-5-4-8-22(23)31(28)36/h2-11,16-17,33-34H,12-15,18H2,1H3. The Morgan fingerprint density at radius 3 is 2.42 bits per heavy atom. The van der Waals surface area contributed by atoms with Crippen molar-refractivity contribution < 1.29 is 4.42 Å². The number of aromatic amines is 1. The van der Waals surface area contributed by atoms with Crippen LogP contribution in [0.5, 0.6) is 0 Å². The van der Waals surface area contributed by atoms with Crippen molar-refractivity contribution in [1.82, 2.24) is 9.88 Å². The molecule has 0 amide bonds. The average molecular weight is 502 g/mol. The zero-order valence-corrected chi connectivity index (χ0v) is 21.1. The van der Waals surface area contributed by atoms with Crippen LogP contribution in [-0.2, 0) is 13.0 Å². The van der Waals surface area contributed by atoms with Crippen LogP contribution in [-0.4, -0.2) is 29.5 Å². The summed E-state index contributed by atoms with van der Waals surface area (Å²) in [6.07, 6.45) is 1.03. The monoisotopic (exact) mass is 501 g/mol. The molecule has 1 aliphatic rings. The van der Waals surface area contributed by atoms with Gasteiger partial charge in [0.25, 0.3) is 0 Å². The van der Waals surface area contributed by atoms with E-state index in [0.717, 1.165) is 37.1 Å². The lowest BCUT2D eigenvalue weighted by atomic mass is 9.99. The molecule has 2 heterocycles. The Kier molecular flexibility index (Phi) is 5.30. The van der Waals surface area contributed by atoms with Crippen LogP contribution >= 0.6 is 0 Å². The molecular formula is C32H27N3O3. The van der Waals surface area contributed by atoms with E-state index in [1.807, 2.05) is 31.2 Å². The van der Waals surface area contributed by atoms with Gasteiger partial charge in [-0.15, -0.1) is 0 Å². The Morgan fingerprint density at radius 2 is 1.61 bits per heavy atom. The minimum absolute atomic E-state index is 0.149. The van der Waals surface area contributed by atoms with E-state index >= 15 is 0 Å². The van der Waals surface area contributed by atoms with Crippen LogP contribution in [0.4, 0.5) is 5.69 Å². The number of anilines is 1. The van der Waals surface area contributed by atoms with Crippen molar-refractivity contribution >= 4 is 49.4 Å². The molecule has 6 nitrogen and oxygen atoms in total. The molecule has 6 aromatic rings. The summed E-state index contributed by atoms with van der Waals surface area (Å²) in [6, 6.07) is 23.4.